The van der Waals surface area contributed by atoms with Gasteiger partial charge < -0.3 is 15.4 Å². The summed E-state index contributed by atoms with van der Waals surface area (Å²) in [6.07, 6.45) is 4.13. The standard InChI is InChI=1S/C22H23N3O2/c1-4-12-23-22(26)18-14-24-20-11-10-16(27-3)13-17(20)21(18)25-19-9-7-6-8-15(19)5-2/h4,6-11,13-14H,1,5,12H2,2-3H3,(H,23,26)(H,24,25). The Hall–Kier alpha value is -3.34. The Bertz CT molecular complexity index is 982. The van der Waals surface area contributed by atoms with Gasteiger partial charge in [-0.2, -0.15) is 0 Å². The minimum Gasteiger partial charge on any atom is -0.497 e. The van der Waals surface area contributed by atoms with E-state index in [-0.39, 0.29) is 5.91 Å². The Morgan fingerprint density at radius 2 is 2.07 bits per heavy atom. The number of fused-ring (bicyclic) bond motifs is 1. The summed E-state index contributed by atoms with van der Waals surface area (Å²) in [6, 6.07) is 13.7. The molecule has 3 aromatic rings. The van der Waals surface area contributed by atoms with Crippen molar-refractivity contribution in [3.05, 3.63) is 72.4 Å². The smallest absolute Gasteiger partial charge is 0.255 e. The molecule has 0 saturated heterocycles. The van der Waals surface area contributed by atoms with Gasteiger partial charge in [0.15, 0.2) is 0 Å². The molecule has 3 rings (SSSR count). The van der Waals surface area contributed by atoms with Gasteiger partial charge in [0.05, 0.1) is 23.9 Å². The molecular weight excluding hydrogens is 338 g/mol. The van der Waals surface area contributed by atoms with E-state index in [1.165, 1.54) is 5.56 Å². The van der Waals surface area contributed by atoms with E-state index in [0.717, 1.165) is 23.0 Å². The molecule has 0 bridgehead atoms. The van der Waals surface area contributed by atoms with Gasteiger partial charge in [-0.1, -0.05) is 31.2 Å². The molecule has 1 aromatic heterocycles. The fraction of sp³-hybridized carbons (Fsp3) is 0.182. The van der Waals surface area contributed by atoms with Gasteiger partial charge in [-0.05, 0) is 36.2 Å². The van der Waals surface area contributed by atoms with Crippen LogP contribution in [-0.2, 0) is 6.42 Å². The average Bonchev–Trinajstić information content (AvgIpc) is 2.72. The summed E-state index contributed by atoms with van der Waals surface area (Å²) in [4.78, 5) is 17.1. The van der Waals surface area contributed by atoms with Crippen molar-refractivity contribution in [3.8, 4) is 5.75 Å². The zero-order valence-electron chi connectivity index (χ0n) is 15.6. The molecule has 1 heterocycles. The van der Waals surface area contributed by atoms with Crippen LogP contribution in [0.2, 0.25) is 0 Å². The van der Waals surface area contributed by atoms with Gasteiger partial charge in [0.25, 0.3) is 5.91 Å². The van der Waals surface area contributed by atoms with E-state index in [1.807, 2.05) is 36.4 Å². The molecule has 0 atom stereocenters. The van der Waals surface area contributed by atoms with Crippen molar-refractivity contribution in [1.82, 2.24) is 10.3 Å². The lowest BCUT2D eigenvalue weighted by atomic mass is 10.1. The van der Waals surface area contributed by atoms with Crippen LogP contribution in [0.5, 0.6) is 5.75 Å². The van der Waals surface area contributed by atoms with E-state index >= 15 is 0 Å². The molecule has 2 N–H and O–H groups in total. The van der Waals surface area contributed by atoms with E-state index in [0.29, 0.717) is 23.5 Å². The quantitative estimate of drug-likeness (QED) is 0.610. The number of pyridine rings is 1. The van der Waals surface area contributed by atoms with Gasteiger partial charge in [-0.15, -0.1) is 6.58 Å². The Morgan fingerprint density at radius 1 is 1.26 bits per heavy atom. The summed E-state index contributed by atoms with van der Waals surface area (Å²) in [7, 11) is 1.62. The number of rotatable bonds is 7. The molecule has 0 fully saturated rings. The number of hydrogen-bond acceptors (Lipinski definition) is 4. The monoisotopic (exact) mass is 361 g/mol. The normalized spacial score (nSPS) is 10.4. The highest BCUT2D eigenvalue weighted by Gasteiger charge is 2.17. The molecule has 0 aliphatic heterocycles. The van der Waals surface area contributed by atoms with E-state index in [1.54, 1.807) is 19.4 Å². The van der Waals surface area contributed by atoms with E-state index in [2.05, 4.69) is 35.2 Å². The molecule has 138 valence electrons. The first-order valence-corrected chi connectivity index (χ1v) is 8.88. The number of amides is 1. The van der Waals surface area contributed by atoms with Crippen LogP contribution in [0.4, 0.5) is 11.4 Å². The summed E-state index contributed by atoms with van der Waals surface area (Å²) in [6.45, 7) is 6.14. The molecule has 5 heteroatoms. The number of nitrogens with zero attached hydrogens (tertiary/aromatic N) is 1. The van der Waals surface area contributed by atoms with Crippen LogP contribution < -0.4 is 15.4 Å². The Balaban J connectivity index is 2.17. The number of aryl methyl sites for hydroxylation is 1. The Kier molecular flexibility index (Phi) is 5.71. The molecule has 5 nitrogen and oxygen atoms in total. The number of anilines is 2. The van der Waals surface area contributed by atoms with Crippen LogP contribution in [-0.4, -0.2) is 24.5 Å². The molecule has 0 unspecified atom stereocenters. The Labute approximate surface area is 159 Å². The number of para-hydroxylation sites is 1. The van der Waals surface area contributed by atoms with Crippen molar-refractivity contribution in [1.29, 1.82) is 0 Å². The van der Waals surface area contributed by atoms with Crippen LogP contribution >= 0.6 is 0 Å². The third kappa shape index (κ3) is 3.92. The van der Waals surface area contributed by atoms with E-state index in [4.69, 9.17) is 4.74 Å². The first-order chi connectivity index (χ1) is 13.2. The Morgan fingerprint density at radius 3 is 2.81 bits per heavy atom. The van der Waals surface area contributed by atoms with E-state index < -0.39 is 0 Å². The number of aromatic nitrogens is 1. The highest BCUT2D eigenvalue weighted by atomic mass is 16.5. The van der Waals surface area contributed by atoms with Crippen molar-refractivity contribution < 1.29 is 9.53 Å². The molecule has 0 radical (unpaired) electrons. The van der Waals surface area contributed by atoms with Gasteiger partial charge in [0.2, 0.25) is 0 Å². The van der Waals surface area contributed by atoms with Crippen LogP contribution in [0.25, 0.3) is 10.9 Å². The van der Waals surface area contributed by atoms with Crippen molar-refractivity contribution in [2.45, 2.75) is 13.3 Å². The first-order valence-electron chi connectivity index (χ1n) is 8.88. The molecule has 27 heavy (non-hydrogen) atoms. The number of hydrogen-bond donors (Lipinski definition) is 2. The number of benzene rings is 2. The predicted molar refractivity (Wildman–Crippen MR) is 110 cm³/mol. The SMILES string of the molecule is C=CCNC(=O)c1cnc2ccc(OC)cc2c1Nc1ccccc1CC. The van der Waals surface area contributed by atoms with Crippen molar-refractivity contribution >= 4 is 28.2 Å². The first kappa shape index (κ1) is 18.5. The minimum atomic E-state index is -0.205. The summed E-state index contributed by atoms with van der Waals surface area (Å²) >= 11 is 0. The van der Waals surface area contributed by atoms with Gasteiger partial charge in [-0.3, -0.25) is 9.78 Å². The molecule has 1 amide bonds. The van der Waals surface area contributed by atoms with Crippen molar-refractivity contribution in [2.24, 2.45) is 0 Å². The lowest BCUT2D eigenvalue weighted by molar-refractivity contribution is 0.0958. The second-order valence-electron chi connectivity index (χ2n) is 6.06. The van der Waals surface area contributed by atoms with Crippen molar-refractivity contribution in [2.75, 3.05) is 19.0 Å². The van der Waals surface area contributed by atoms with Gasteiger partial charge in [0.1, 0.15) is 5.75 Å². The van der Waals surface area contributed by atoms with E-state index in [9.17, 15) is 4.79 Å². The van der Waals surface area contributed by atoms with Crippen LogP contribution in [0.3, 0.4) is 0 Å². The molecule has 0 aliphatic rings. The third-order valence-corrected chi connectivity index (χ3v) is 4.38. The molecule has 0 saturated carbocycles. The molecule has 2 aromatic carbocycles. The predicted octanol–water partition coefficient (Wildman–Crippen LogP) is 4.47. The number of methoxy groups -OCH3 is 1. The summed E-state index contributed by atoms with van der Waals surface area (Å²) in [5, 5.41) is 7.12. The molecular formula is C22H23N3O2. The maximum atomic E-state index is 12.7. The second-order valence-corrected chi connectivity index (χ2v) is 6.06. The number of nitrogens with one attached hydrogen (secondary N) is 2. The summed E-state index contributed by atoms with van der Waals surface area (Å²) in [5.74, 6) is 0.503. The number of carbonyl (C=O) groups excluding carboxylic acids is 1. The second kappa shape index (κ2) is 8.36. The highest BCUT2D eigenvalue weighted by Crippen LogP contribution is 2.32. The largest absolute Gasteiger partial charge is 0.497 e. The number of ether oxygens (including phenoxy) is 1. The van der Waals surface area contributed by atoms with Gasteiger partial charge in [0, 0.05) is 23.8 Å². The topological polar surface area (TPSA) is 63.2 Å². The van der Waals surface area contributed by atoms with Gasteiger partial charge in [-0.25, -0.2) is 0 Å². The van der Waals surface area contributed by atoms with Gasteiger partial charge >= 0.3 is 0 Å². The van der Waals surface area contributed by atoms with Crippen LogP contribution in [0.15, 0.2) is 61.3 Å². The summed E-state index contributed by atoms with van der Waals surface area (Å²) < 4.78 is 5.37. The van der Waals surface area contributed by atoms with Crippen molar-refractivity contribution in [3.63, 3.8) is 0 Å². The number of carbonyl (C=O) groups is 1. The lowest BCUT2D eigenvalue weighted by Crippen LogP contribution is -2.24. The lowest BCUT2D eigenvalue weighted by Gasteiger charge is -2.17. The average molecular weight is 361 g/mol. The molecule has 0 spiro atoms. The maximum absolute atomic E-state index is 12.7. The van der Waals surface area contributed by atoms with Crippen LogP contribution in [0.1, 0.15) is 22.8 Å². The summed E-state index contributed by atoms with van der Waals surface area (Å²) in [5.41, 5.74) is 4.10. The third-order valence-electron chi connectivity index (χ3n) is 4.38. The zero-order chi connectivity index (χ0) is 19.2. The zero-order valence-corrected chi connectivity index (χ0v) is 15.6. The highest BCUT2D eigenvalue weighted by molar-refractivity contribution is 6.08. The molecule has 0 aliphatic carbocycles. The fourth-order valence-electron chi connectivity index (χ4n) is 2.95. The minimum absolute atomic E-state index is 0.205. The van der Waals surface area contributed by atoms with Crippen LogP contribution in [0, 0.1) is 0 Å². The fourth-order valence-corrected chi connectivity index (χ4v) is 2.95. The maximum Gasteiger partial charge on any atom is 0.255 e.